The normalized spacial score (nSPS) is 32.5. The Balaban J connectivity index is 1.63. The second-order valence-corrected chi connectivity index (χ2v) is 34.0. The van der Waals surface area contributed by atoms with E-state index in [1.54, 1.807) is 36.0 Å². The molecule has 0 amide bonds. The molecule has 0 N–H and O–H groups in total. The van der Waals surface area contributed by atoms with E-state index in [1.807, 2.05) is 0 Å². The highest BCUT2D eigenvalue weighted by Crippen LogP contribution is 2.62. The molecule has 0 spiro atoms. The van der Waals surface area contributed by atoms with Crippen LogP contribution < -0.4 is 0 Å². The van der Waals surface area contributed by atoms with Gasteiger partial charge < -0.3 is 0 Å². The summed E-state index contributed by atoms with van der Waals surface area (Å²) in [6.45, 7) is 31.1. The first-order valence-corrected chi connectivity index (χ1v) is 24.3. The summed E-state index contributed by atoms with van der Waals surface area (Å²) < 4.78 is 0. The molecule has 222 valence electrons. The molecule has 7 unspecified atom stereocenters. The van der Waals surface area contributed by atoms with Crippen molar-refractivity contribution in [3.05, 3.63) is 34.9 Å². The van der Waals surface area contributed by atoms with Crippen LogP contribution in [0.15, 0.2) is 18.2 Å². The topological polar surface area (TPSA) is 0 Å². The van der Waals surface area contributed by atoms with Crippen LogP contribution in [0, 0.1) is 23.7 Å². The molecule has 0 nitrogen and oxygen atoms in total. The van der Waals surface area contributed by atoms with Crippen LogP contribution in [0.3, 0.4) is 0 Å². The average Bonchev–Trinajstić information content (AvgIpc) is 3.45. The number of benzene rings is 1. The largest absolute Gasteiger partial charge is 0.0711 e. The first-order valence-electron chi connectivity index (χ1n) is 17.1. The maximum Gasteiger partial charge on any atom is 0.0451 e. The van der Waals surface area contributed by atoms with Gasteiger partial charge in [0.25, 0.3) is 0 Å². The quantitative estimate of drug-likeness (QED) is 0.288. The molecule has 0 bridgehead atoms. The molecule has 0 heterocycles. The lowest BCUT2D eigenvalue weighted by atomic mass is 9.69. The van der Waals surface area contributed by atoms with E-state index in [-0.39, 0.29) is 10.8 Å². The van der Waals surface area contributed by atoms with Gasteiger partial charge in [0.2, 0.25) is 0 Å². The van der Waals surface area contributed by atoms with Gasteiger partial charge in [-0.2, -0.15) is 0 Å². The molecular weight excluding hydrogens is 501 g/mol. The zero-order valence-corrected chi connectivity index (χ0v) is 30.3. The Morgan fingerprint density at radius 1 is 0.744 bits per heavy atom. The molecule has 39 heavy (non-hydrogen) atoms. The molecule has 0 radical (unpaired) electrons. The van der Waals surface area contributed by atoms with Gasteiger partial charge in [-0.15, -0.1) is 0 Å². The predicted octanol–water partition coefficient (Wildman–Crippen LogP) is 12.0. The summed E-state index contributed by atoms with van der Waals surface area (Å²) in [5.74, 6) is 4.66. The van der Waals surface area contributed by atoms with Crippen molar-refractivity contribution in [3.63, 3.8) is 0 Å². The van der Waals surface area contributed by atoms with E-state index in [2.05, 4.69) is 99.8 Å². The Labute approximate surface area is 246 Å². The third kappa shape index (κ3) is 6.23. The molecule has 4 rings (SSSR count). The smallest absolute Gasteiger partial charge is 0.0451 e. The maximum absolute atomic E-state index is 2.91. The van der Waals surface area contributed by atoms with Crippen molar-refractivity contribution in [3.8, 4) is 0 Å². The third-order valence-corrected chi connectivity index (χ3v) is 33.7. The fourth-order valence-corrected chi connectivity index (χ4v) is 24.7. The van der Waals surface area contributed by atoms with Gasteiger partial charge in [-0.3, -0.25) is 0 Å². The lowest BCUT2D eigenvalue weighted by Crippen LogP contribution is -2.62. The standard InChI is InChI=1S/C37H66Si2/c1-13-14-16-27-19-20-31(22-27)38(9,10)39(11,12)35-26(2)21-34-32(17-15-18-33(34)35)28-23-29(36(3,4)5)25-30(24-28)37(6,7)8/h23-27,31-35H,13-22H2,1-12H3. The van der Waals surface area contributed by atoms with Crippen molar-refractivity contribution in [1.82, 2.24) is 0 Å². The van der Waals surface area contributed by atoms with Crippen LogP contribution in [-0.2, 0) is 10.8 Å². The highest BCUT2D eigenvalue weighted by Gasteiger charge is 2.59. The van der Waals surface area contributed by atoms with Crippen LogP contribution in [0.5, 0.6) is 0 Å². The molecular formula is C37H66Si2. The molecule has 3 aliphatic rings. The molecule has 7 atom stereocenters. The fourth-order valence-electron chi connectivity index (χ4n) is 9.92. The summed E-state index contributed by atoms with van der Waals surface area (Å²) in [6.07, 6.45) is 14.9. The van der Waals surface area contributed by atoms with Gasteiger partial charge in [0.15, 0.2) is 0 Å². The second-order valence-electron chi connectivity index (χ2n) is 17.9. The highest BCUT2D eigenvalue weighted by molar-refractivity contribution is 7.41. The molecule has 2 heteroatoms. The SMILES string of the molecule is CCCCC1CCC([Si](C)(C)[Si](C)(C)C2C(C)CC3C(c4cc(C(C)(C)C)cc(C(C)(C)C)c4)CCCC32)C1. The van der Waals surface area contributed by atoms with Crippen molar-refractivity contribution >= 4 is 15.2 Å². The van der Waals surface area contributed by atoms with Crippen molar-refractivity contribution in [2.75, 3.05) is 0 Å². The zero-order chi connectivity index (χ0) is 29.0. The molecule has 0 saturated heterocycles. The van der Waals surface area contributed by atoms with Crippen LogP contribution >= 0.6 is 0 Å². The molecule has 0 aromatic heterocycles. The van der Waals surface area contributed by atoms with E-state index in [1.165, 1.54) is 44.9 Å². The monoisotopic (exact) mass is 566 g/mol. The van der Waals surface area contributed by atoms with Crippen molar-refractivity contribution in [2.45, 2.75) is 174 Å². The van der Waals surface area contributed by atoms with Gasteiger partial charge >= 0.3 is 0 Å². The third-order valence-electron chi connectivity index (χ3n) is 13.0. The van der Waals surface area contributed by atoms with Crippen LogP contribution in [-0.4, -0.2) is 15.2 Å². The van der Waals surface area contributed by atoms with E-state index in [9.17, 15) is 0 Å². The summed E-state index contributed by atoms with van der Waals surface area (Å²) in [7, 11) is -2.66. The Morgan fingerprint density at radius 3 is 1.92 bits per heavy atom. The van der Waals surface area contributed by atoms with Crippen molar-refractivity contribution in [1.29, 1.82) is 0 Å². The zero-order valence-electron chi connectivity index (χ0n) is 28.3. The van der Waals surface area contributed by atoms with E-state index < -0.39 is 15.2 Å². The lowest BCUT2D eigenvalue weighted by molar-refractivity contribution is 0.236. The first kappa shape index (κ1) is 31.6. The summed E-state index contributed by atoms with van der Waals surface area (Å²) in [6, 6.07) is 7.83. The summed E-state index contributed by atoms with van der Waals surface area (Å²) in [4.78, 5) is 0. The van der Waals surface area contributed by atoms with E-state index >= 15 is 0 Å². The van der Waals surface area contributed by atoms with E-state index in [4.69, 9.17) is 0 Å². The first-order chi connectivity index (χ1) is 18.0. The maximum atomic E-state index is 2.91. The Kier molecular flexibility index (Phi) is 9.22. The highest BCUT2D eigenvalue weighted by atomic mass is 29.3. The van der Waals surface area contributed by atoms with Gasteiger partial charge in [-0.25, -0.2) is 0 Å². The van der Waals surface area contributed by atoms with Crippen LogP contribution in [0.1, 0.15) is 142 Å². The van der Waals surface area contributed by atoms with Crippen LogP contribution in [0.4, 0.5) is 0 Å². The minimum Gasteiger partial charge on any atom is -0.0711 e. The second kappa shape index (κ2) is 11.4. The van der Waals surface area contributed by atoms with E-state index in [0.717, 1.165) is 40.7 Å². The number of hydrogen-bond acceptors (Lipinski definition) is 0. The predicted molar refractivity (Wildman–Crippen MR) is 181 cm³/mol. The van der Waals surface area contributed by atoms with Crippen molar-refractivity contribution < 1.29 is 0 Å². The van der Waals surface area contributed by atoms with Gasteiger partial charge in [0, 0.05) is 15.2 Å². The Hall–Kier alpha value is -0.346. The summed E-state index contributed by atoms with van der Waals surface area (Å²) in [5.41, 5.74) is 7.36. The summed E-state index contributed by atoms with van der Waals surface area (Å²) in [5, 5.41) is 0. The van der Waals surface area contributed by atoms with Gasteiger partial charge in [-0.1, -0.05) is 151 Å². The van der Waals surface area contributed by atoms with Gasteiger partial charge in [0.1, 0.15) is 0 Å². The van der Waals surface area contributed by atoms with Gasteiger partial charge in [-0.05, 0) is 81.0 Å². The Morgan fingerprint density at radius 2 is 1.36 bits per heavy atom. The fraction of sp³-hybridized carbons (Fsp3) is 0.838. The number of fused-ring (bicyclic) bond motifs is 1. The van der Waals surface area contributed by atoms with Crippen LogP contribution in [0.2, 0.25) is 37.3 Å². The van der Waals surface area contributed by atoms with E-state index in [0.29, 0.717) is 0 Å². The van der Waals surface area contributed by atoms with Crippen molar-refractivity contribution in [2.24, 2.45) is 23.7 Å². The number of rotatable bonds is 7. The lowest BCUT2D eigenvalue weighted by Gasteiger charge is -2.51. The molecule has 0 aliphatic heterocycles. The molecule has 3 saturated carbocycles. The number of unbranched alkanes of at least 4 members (excludes halogenated alkanes) is 1. The Bertz CT molecular complexity index is 942. The van der Waals surface area contributed by atoms with Crippen LogP contribution in [0.25, 0.3) is 0 Å². The van der Waals surface area contributed by atoms with Gasteiger partial charge in [0.05, 0.1) is 0 Å². The molecule has 1 aromatic carbocycles. The molecule has 3 aliphatic carbocycles. The average molecular weight is 567 g/mol. The summed E-state index contributed by atoms with van der Waals surface area (Å²) >= 11 is 0. The number of hydrogen-bond donors (Lipinski definition) is 0. The molecule has 3 fully saturated rings. The minimum absolute atomic E-state index is 0.205. The minimum atomic E-state index is -1.37. The molecule has 1 aromatic rings.